The number of aryl methyl sites for hydroxylation is 1. The summed E-state index contributed by atoms with van der Waals surface area (Å²) < 4.78 is 0. The Morgan fingerprint density at radius 3 is 2.19 bits per heavy atom. The van der Waals surface area contributed by atoms with E-state index in [9.17, 15) is 5.11 Å². The van der Waals surface area contributed by atoms with Gasteiger partial charge in [0.25, 0.3) is 0 Å². The topological polar surface area (TPSA) is 23.5 Å². The van der Waals surface area contributed by atoms with Crippen LogP contribution in [0.25, 0.3) is 0 Å². The summed E-state index contributed by atoms with van der Waals surface area (Å²) in [6, 6.07) is 8.53. The van der Waals surface area contributed by atoms with Crippen LogP contribution in [0.3, 0.4) is 0 Å². The quantitative estimate of drug-likeness (QED) is 0.826. The molecule has 0 aliphatic carbocycles. The molecule has 2 heteroatoms. The first-order valence-corrected chi connectivity index (χ1v) is 6.02. The summed E-state index contributed by atoms with van der Waals surface area (Å²) in [6.45, 7) is 6.92. The average Bonchev–Trinajstić information content (AvgIpc) is 2.28. The molecule has 1 atom stereocenters. The molecule has 1 N–H and O–H groups in total. The third-order valence-electron chi connectivity index (χ3n) is 3.02. The van der Waals surface area contributed by atoms with Gasteiger partial charge in [0.1, 0.15) is 0 Å². The SMILES string of the molecule is CCc1ccc(N(C)CC(O)C(C)C)cc1. The minimum Gasteiger partial charge on any atom is -0.391 e. The number of aliphatic hydroxyl groups excluding tert-OH is 1. The largest absolute Gasteiger partial charge is 0.391 e. The minimum absolute atomic E-state index is 0.268. The predicted molar refractivity (Wildman–Crippen MR) is 69.9 cm³/mol. The number of likely N-dealkylation sites (N-methyl/N-ethyl adjacent to an activating group) is 1. The van der Waals surface area contributed by atoms with Gasteiger partial charge in [0.15, 0.2) is 0 Å². The van der Waals surface area contributed by atoms with E-state index in [4.69, 9.17) is 0 Å². The lowest BCUT2D eigenvalue weighted by atomic mass is 10.1. The highest BCUT2D eigenvalue weighted by Crippen LogP contribution is 2.15. The van der Waals surface area contributed by atoms with Crippen LogP contribution in [0, 0.1) is 5.92 Å². The highest BCUT2D eigenvalue weighted by molar-refractivity contribution is 5.46. The molecule has 0 fully saturated rings. The van der Waals surface area contributed by atoms with Crippen LogP contribution in [-0.4, -0.2) is 24.8 Å². The fraction of sp³-hybridized carbons (Fsp3) is 0.571. The summed E-state index contributed by atoms with van der Waals surface area (Å²) in [7, 11) is 2.02. The Labute approximate surface area is 98.9 Å². The molecular weight excluding hydrogens is 198 g/mol. The molecule has 0 radical (unpaired) electrons. The molecule has 1 aromatic carbocycles. The molecule has 0 saturated heterocycles. The van der Waals surface area contributed by atoms with Crippen LogP contribution in [0.5, 0.6) is 0 Å². The first-order chi connectivity index (χ1) is 7.54. The molecule has 0 saturated carbocycles. The summed E-state index contributed by atoms with van der Waals surface area (Å²) in [4.78, 5) is 2.10. The third-order valence-corrected chi connectivity index (χ3v) is 3.02. The average molecular weight is 221 g/mol. The van der Waals surface area contributed by atoms with Crippen molar-refractivity contribution >= 4 is 5.69 Å². The van der Waals surface area contributed by atoms with E-state index in [2.05, 4.69) is 36.1 Å². The Bertz CT molecular complexity index is 305. The van der Waals surface area contributed by atoms with Gasteiger partial charge in [-0.3, -0.25) is 0 Å². The summed E-state index contributed by atoms with van der Waals surface area (Å²) in [5.41, 5.74) is 2.51. The van der Waals surface area contributed by atoms with Crippen LogP contribution < -0.4 is 4.90 Å². The van der Waals surface area contributed by atoms with E-state index in [0.29, 0.717) is 12.5 Å². The normalized spacial score (nSPS) is 12.9. The number of hydrogen-bond donors (Lipinski definition) is 1. The Morgan fingerprint density at radius 2 is 1.75 bits per heavy atom. The molecule has 0 bridgehead atoms. The molecule has 0 aliphatic rings. The molecule has 0 aromatic heterocycles. The van der Waals surface area contributed by atoms with Gasteiger partial charge in [-0.1, -0.05) is 32.9 Å². The second-order valence-electron chi connectivity index (χ2n) is 4.71. The summed E-state index contributed by atoms with van der Waals surface area (Å²) in [5, 5.41) is 9.82. The maximum Gasteiger partial charge on any atom is 0.0737 e. The Kier molecular flexibility index (Phi) is 4.81. The van der Waals surface area contributed by atoms with Crippen molar-refractivity contribution in [3.8, 4) is 0 Å². The summed E-state index contributed by atoms with van der Waals surface area (Å²) >= 11 is 0. The molecule has 0 heterocycles. The van der Waals surface area contributed by atoms with Gasteiger partial charge in [0, 0.05) is 19.3 Å². The first kappa shape index (κ1) is 13.0. The molecule has 1 rings (SSSR count). The number of nitrogens with zero attached hydrogens (tertiary/aromatic N) is 1. The maximum atomic E-state index is 9.82. The summed E-state index contributed by atoms with van der Waals surface area (Å²) in [6.07, 6.45) is 0.800. The van der Waals surface area contributed by atoms with Crippen LogP contribution >= 0.6 is 0 Å². The van der Waals surface area contributed by atoms with Crippen LogP contribution in [0.1, 0.15) is 26.3 Å². The number of benzene rings is 1. The minimum atomic E-state index is -0.268. The van der Waals surface area contributed by atoms with Crippen molar-refractivity contribution in [1.82, 2.24) is 0 Å². The summed E-state index contributed by atoms with van der Waals surface area (Å²) in [5.74, 6) is 0.303. The number of rotatable bonds is 5. The molecule has 2 nitrogen and oxygen atoms in total. The van der Waals surface area contributed by atoms with E-state index in [-0.39, 0.29) is 6.10 Å². The molecule has 1 unspecified atom stereocenters. The standard InChI is InChI=1S/C14H23NO/c1-5-12-6-8-13(9-7-12)15(4)10-14(16)11(2)3/h6-9,11,14,16H,5,10H2,1-4H3. The zero-order chi connectivity index (χ0) is 12.1. The maximum absolute atomic E-state index is 9.82. The van der Waals surface area contributed by atoms with E-state index in [1.807, 2.05) is 20.9 Å². The highest BCUT2D eigenvalue weighted by atomic mass is 16.3. The Balaban J connectivity index is 2.62. The Hall–Kier alpha value is -1.02. The molecular formula is C14H23NO. The lowest BCUT2D eigenvalue weighted by molar-refractivity contribution is 0.132. The number of anilines is 1. The fourth-order valence-electron chi connectivity index (χ4n) is 1.58. The van der Waals surface area contributed by atoms with E-state index in [1.165, 1.54) is 5.56 Å². The van der Waals surface area contributed by atoms with Crippen molar-refractivity contribution in [3.05, 3.63) is 29.8 Å². The molecule has 0 spiro atoms. The monoisotopic (exact) mass is 221 g/mol. The second-order valence-corrected chi connectivity index (χ2v) is 4.71. The van der Waals surface area contributed by atoms with Crippen LogP contribution in [-0.2, 0) is 6.42 Å². The van der Waals surface area contributed by atoms with E-state index in [0.717, 1.165) is 12.1 Å². The van der Waals surface area contributed by atoms with Gasteiger partial charge < -0.3 is 10.0 Å². The molecule has 0 aliphatic heterocycles. The molecule has 1 aromatic rings. The van der Waals surface area contributed by atoms with Gasteiger partial charge in [0.05, 0.1) is 6.10 Å². The van der Waals surface area contributed by atoms with Gasteiger partial charge in [0.2, 0.25) is 0 Å². The van der Waals surface area contributed by atoms with Crippen molar-refractivity contribution in [2.24, 2.45) is 5.92 Å². The lowest BCUT2D eigenvalue weighted by Crippen LogP contribution is -2.32. The van der Waals surface area contributed by atoms with Crippen LogP contribution in [0.15, 0.2) is 24.3 Å². The van der Waals surface area contributed by atoms with Gasteiger partial charge in [-0.15, -0.1) is 0 Å². The van der Waals surface area contributed by atoms with E-state index in [1.54, 1.807) is 0 Å². The van der Waals surface area contributed by atoms with Crippen molar-refractivity contribution in [3.63, 3.8) is 0 Å². The van der Waals surface area contributed by atoms with Crippen molar-refractivity contribution < 1.29 is 5.11 Å². The van der Waals surface area contributed by atoms with Crippen molar-refractivity contribution in [2.45, 2.75) is 33.3 Å². The molecule has 16 heavy (non-hydrogen) atoms. The zero-order valence-electron chi connectivity index (χ0n) is 10.8. The van der Waals surface area contributed by atoms with Crippen LogP contribution in [0.4, 0.5) is 5.69 Å². The third kappa shape index (κ3) is 3.53. The first-order valence-electron chi connectivity index (χ1n) is 6.02. The highest BCUT2D eigenvalue weighted by Gasteiger charge is 2.12. The second kappa shape index (κ2) is 5.90. The van der Waals surface area contributed by atoms with Gasteiger partial charge >= 0.3 is 0 Å². The number of hydrogen-bond acceptors (Lipinski definition) is 2. The molecule has 0 amide bonds. The smallest absolute Gasteiger partial charge is 0.0737 e. The van der Waals surface area contributed by atoms with Crippen molar-refractivity contribution in [2.75, 3.05) is 18.5 Å². The van der Waals surface area contributed by atoms with Gasteiger partial charge in [-0.25, -0.2) is 0 Å². The van der Waals surface area contributed by atoms with E-state index >= 15 is 0 Å². The van der Waals surface area contributed by atoms with Crippen molar-refractivity contribution in [1.29, 1.82) is 0 Å². The van der Waals surface area contributed by atoms with Crippen LogP contribution in [0.2, 0.25) is 0 Å². The molecule has 90 valence electrons. The Morgan fingerprint density at radius 1 is 1.19 bits per heavy atom. The van der Waals surface area contributed by atoms with Gasteiger partial charge in [-0.2, -0.15) is 0 Å². The zero-order valence-corrected chi connectivity index (χ0v) is 10.8. The van der Waals surface area contributed by atoms with Gasteiger partial charge in [-0.05, 0) is 30.0 Å². The lowest BCUT2D eigenvalue weighted by Gasteiger charge is -2.24. The number of aliphatic hydroxyl groups is 1. The predicted octanol–water partition coefficient (Wildman–Crippen LogP) is 2.70. The van der Waals surface area contributed by atoms with E-state index < -0.39 is 0 Å². The fourth-order valence-corrected chi connectivity index (χ4v) is 1.58.